The summed E-state index contributed by atoms with van der Waals surface area (Å²) in [6, 6.07) is 19.0. The molecular formula is C25H24N2O4. The van der Waals surface area contributed by atoms with E-state index in [0.29, 0.717) is 12.1 Å². The van der Waals surface area contributed by atoms with Crippen LogP contribution in [0.25, 0.3) is 10.8 Å². The van der Waals surface area contributed by atoms with Gasteiger partial charge in [0.2, 0.25) is 11.8 Å². The molecule has 0 atom stereocenters. The molecule has 1 aliphatic rings. The molecule has 3 aromatic carbocycles. The first-order chi connectivity index (χ1) is 15.0. The van der Waals surface area contributed by atoms with Crippen LogP contribution in [0.2, 0.25) is 0 Å². The average molecular weight is 416 g/mol. The number of imide groups is 1. The maximum absolute atomic E-state index is 12.7. The maximum atomic E-state index is 12.7. The average Bonchev–Trinajstić information content (AvgIpc) is 2.78. The molecule has 0 aliphatic carbocycles. The highest BCUT2D eigenvalue weighted by Crippen LogP contribution is 2.23. The molecule has 0 fully saturated rings. The number of amides is 3. The van der Waals surface area contributed by atoms with Crippen molar-refractivity contribution in [3.63, 3.8) is 0 Å². The van der Waals surface area contributed by atoms with E-state index >= 15 is 0 Å². The SMILES string of the molecule is COc1ccc2cc(CN(C)C(=O)CCN3C(=O)Cc4ccccc4C3=O)ccc2c1. The van der Waals surface area contributed by atoms with Crippen molar-refractivity contribution in [1.29, 1.82) is 0 Å². The molecule has 0 unspecified atom stereocenters. The van der Waals surface area contributed by atoms with Gasteiger partial charge in [-0.25, -0.2) is 0 Å². The summed E-state index contributed by atoms with van der Waals surface area (Å²) >= 11 is 0. The van der Waals surface area contributed by atoms with Crippen molar-refractivity contribution in [1.82, 2.24) is 9.80 Å². The summed E-state index contributed by atoms with van der Waals surface area (Å²) in [6.07, 6.45) is 0.286. The van der Waals surface area contributed by atoms with E-state index in [1.165, 1.54) is 4.90 Å². The summed E-state index contributed by atoms with van der Waals surface area (Å²) in [4.78, 5) is 40.5. The lowest BCUT2D eigenvalue weighted by Crippen LogP contribution is -2.44. The molecule has 158 valence electrons. The predicted molar refractivity (Wildman–Crippen MR) is 118 cm³/mol. The second-order valence-corrected chi connectivity index (χ2v) is 7.73. The molecule has 1 heterocycles. The molecule has 6 heteroatoms. The molecule has 3 amide bonds. The molecule has 0 N–H and O–H groups in total. The van der Waals surface area contributed by atoms with Gasteiger partial charge in [-0.1, -0.05) is 36.4 Å². The monoisotopic (exact) mass is 416 g/mol. The van der Waals surface area contributed by atoms with E-state index in [9.17, 15) is 14.4 Å². The summed E-state index contributed by atoms with van der Waals surface area (Å²) in [5, 5.41) is 2.14. The fourth-order valence-corrected chi connectivity index (χ4v) is 3.89. The zero-order valence-electron chi connectivity index (χ0n) is 17.6. The Balaban J connectivity index is 1.38. The van der Waals surface area contributed by atoms with Crippen molar-refractivity contribution in [3.8, 4) is 5.75 Å². The minimum Gasteiger partial charge on any atom is -0.497 e. The van der Waals surface area contributed by atoms with Crippen molar-refractivity contribution >= 4 is 28.5 Å². The van der Waals surface area contributed by atoms with E-state index in [-0.39, 0.29) is 37.1 Å². The van der Waals surface area contributed by atoms with Crippen LogP contribution in [0.3, 0.4) is 0 Å². The fraction of sp³-hybridized carbons (Fsp3) is 0.240. The number of ether oxygens (including phenoxy) is 1. The summed E-state index contributed by atoms with van der Waals surface area (Å²) in [6.45, 7) is 0.540. The maximum Gasteiger partial charge on any atom is 0.260 e. The highest BCUT2D eigenvalue weighted by Gasteiger charge is 2.30. The van der Waals surface area contributed by atoms with Gasteiger partial charge in [0.05, 0.1) is 13.5 Å². The summed E-state index contributed by atoms with van der Waals surface area (Å²) in [5.41, 5.74) is 2.29. The second kappa shape index (κ2) is 8.60. The van der Waals surface area contributed by atoms with E-state index in [2.05, 4.69) is 0 Å². The van der Waals surface area contributed by atoms with Crippen LogP contribution in [-0.2, 0) is 22.6 Å². The topological polar surface area (TPSA) is 66.9 Å². The normalized spacial score (nSPS) is 13.3. The Morgan fingerprint density at radius 3 is 2.58 bits per heavy atom. The lowest BCUT2D eigenvalue weighted by molar-refractivity contribution is -0.132. The molecule has 0 radical (unpaired) electrons. The number of methoxy groups -OCH3 is 1. The molecule has 0 bridgehead atoms. The van der Waals surface area contributed by atoms with Crippen molar-refractivity contribution in [3.05, 3.63) is 77.4 Å². The third-order valence-electron chi connectivity index (χ3n) is 5.64. The number of nitrogens with zero attached hydrogens (tertiary/aromatic N) is 2. The minimum absolute atomic E-state index is 0.0900. The number of hydrogen-bond acceptors (Lipinski definition) is 4. The molecule has 6 nitrogen and oxygen atoms in total. The van der Waals surface area contributed by atoms with Crippen molar-refractivity contribution in [2.75, 3.05) is 20.7 Å². The Hall–Kier alpha value is -3.67. The molecule has 31 heavy (non-hydrogen) atoms. The van der Waals surface area contributed by atoms with Gasteiger partial charge in [-0.3, -0.25) is 19.3 Å². The van der Waals surface area contributed by atoms with Crippen LogP contribution in [0.4, 0.5) is 0 Å². The Bertz CT molecular complexity index is 1170. The molecule has 0 saturated heterocycles. The van der Waals surface area contributed by atoms with E-state index in [0.717, 1.165) is 27.6 Å². The van der Waals surface area contributed by atoms with Crippen LogP contribution in [0.15, 0.2) is 60.7 Å². The number of rotatable bonds is 6. The van der Waals surface area contributed by atoms with Gasteiger partial charge >= 0.3 is 0 Å². The summed E-state index contributed by atoms with van der Waals surface area (Å²) in [7, 11) is 3.37. The zero-order valence-corrected chi connectivity index (χ0v) is 17.6. The standard InChI is InChI=1S/C25H24N2O4/c1-26(16-17-7-8-19-14-21(31-2)10-9-18(19)13-17)23(28)11-12-27-24(29)15-20-5-3-4-6-22(20)25(27)30/h3-10,13-14H,11-12,15-16H2,1-2H3. The summed E-state index contributed by atoms with van der Waals surface area (Å²) in [5.74, 6) is 0.0997. The first-order valence-corrected chi connectivity index (χ1v) is 10.2. The number of fused-ring (bicyclic) bond motifs is 2. The van der Waals surface area contributed by atoms with Crippen LogP contribution in [-0.4, -0.2) is 48.2 Å². The van der Waals surface area contributed by atoms with Gasteiger partial charge in [0.1, 0.15) is 5.75 Å². The molecule has 0 spiro atoms. The Kier molecular flexibility index (Phi) is 5.71. The second-order valence-electron chi connectivity index (χ2n) is 7.73. The largest absolute Gasteiger partial charge is 0.497 e. The molecule has 3 aromatic rings. The number of carbonyl (C=O) groups is 3. The number of hydrogen-bond donors (Lipinski definition) is 0. The molecule has 4 rings (SSSR count). The number of carbonyl (C=O) groups excluding carboxylic acids is 3. The van der Waals surface area contributed by atoms with Gasteiger partial charge < -0.3 is 9.64 Å². The third-order valence-corrected chi connectivity index (χ3v) is 5.64. The summed E-state index contributed by atoms with van der Waals surface area (Å²) < 4.78 is 5.26. The molecule has 0 saturated carbocycles. The Morgan fingerprint density at radius 1 is 1.03 bits per heavy atom. The Morgan fingerprint density at radius 2 is 1.77 bits per heavy atom. The fourth-order valence-electron chi connectivity index (χ4n) is 3.89. The van der Waals surface area contributed by atoms with E-state index in [1.54, 1.807) is 37.3 Å². The number of benzene rings is 3. The quantitative estimate of drug-likeness (QED) is 0.578. The predicted octanol–water partition coefficient (Wildman–Crippen LogP) is 3.42. The Labute approximate surface area is 181 Å². The van der Waals surface area contributed by atoms with Gasteiger partial charge in [-0.15, -0.1) is 0 Å². The molecule has 1 aliphatic heterocycles. The molecule has 0 aromatic heterocycles. The van der Waals surface area contributed by atoms with Crippen LogP contribution < -0.4 is 4.74 Å². The first-order valence-electron chi connectivity index (χ1n) is 10.2. The van der Waals surface area contributed by atoms with Crippen molar-refractivity contribution < 1.29 is 19.1 Å². The van der Waals surface area contributed by atoms with Crippen molar-refractivity contribution in [2.45, 2.75) is 19.4 Å². The van der Waals surface area contributed by atoms with Crippen LogP contribution in [0.5, 0.6) is 5.75 Å². The highest BCUT2D eigenvalue weighted by atomic mass is 16.5. The van der Waals surface area contributed by atoms with Gasteiger partial charge in [-0.2, -0.15) is 0 Å². The first kappa shape index (κ1) is 20.6. The van der Waals surface area contributed by atoms with Crippen LogP contribution in [0, 0.1) is 0 Å². The van der Waals surface area contributed by atoms with E-state index in [1.807, 2.05) is 42.5 Å². The smallest absolute Gasteiger partial charge is 0.260 e. The van der Waals surface area contributed by atoms with Crippen LogP contribution >= 0.6 is 0 Å². The third kappa shape index (κ3) is 4.28. The molecular weight excluding hydrogens is 392 g/mol. The van der Waals surface area contributed by atoms with E-state index in [4.69, 9.17) is 4.74 Å². The lowest BCUT2D eigenvalue weighted by atomic mass is 9.98. The highest BCUT2D eigenvalue weighted by molar-refractivity contribution is 6.09. The van der Waals surface area contributed by atoms with E-state index < -0.39 is 0 Å². The van der Waals surface area contributed by atoms with Gasteiger partial charge in [-0.05, 0) is 46.2 Å². The zero-order chi connectivity index (χ0) is 22.0. The lowest BCUT2D eigenvalue weighted by Gasteiger charge is -2.27. The van der Waals surface area contributed by atoms with Gasteiger partial charge in [0.25, 0.3) is 5.91 Å². The van der Waals surface area contributed by atoms with Crippen molar-refractivity contribution in [2.24, 2.45) is 0 Å². The van der Waals surface area contributed by atoms with Gasteiger partial charge in [0, 0.05) is 32.1 Å². The minimum atomic E-state index is -0.327. The van der Waals surface area contributed by atoms with Crippen LogP contribution in [0.1, 0.15) is 27.9 Å². The van der Waals surface area contributed by atoms with Gasteiger partial charge in [0.15, 0.2) is 0 Å².